The molecule has 4 aromatic rings. The average Bonchev–Trinajstić information content (AvgIpc) is 3.31. The van der Waals surface area contributed by atoms with Gasteiger partial charge < -0.3 is 19.2 Å². The van der Waals surface area contributed by atoms with Crippen molar-refractivity contribution in [2.75, 3.05) is 20.0 Å². The molecule has 0 radical (unpaired) electrons. The maximum atomic E-state index is 12.4. The molecule has 6 nitrogen and oxygen atoms in total. The van der Waals surface area contributed by atoms with Gasteiger partial charge in [-0.15, -0.1) is 0 Å². The monoisotopic (exact) mass is 460 g/mol. The molecule has 0 saturated heterocycles. The van der Waals surface area contributed by atoms with Crippen LogP contribution in [0.3, 0.4) is 0 Å². The van der Waals surface area contributed by atoms with Crippen molar-refractivity contribution in [2.24, 2.45) is 0 Å². The minimum absolute atomic E-state index is 0.115. The Morgan fingerprint density at radius 2 is 1.58 bits per heavy atom. The van der Waals surface area contributed by atoms with Gasteiger partial charge in [-0.25, -0.2) is 4.98 Å². The van der Waals surface area contributed by atoms with Gasteiger partial charge in [0.2, 0.25) is 5.91 Å². The van der Waals surface area contributed by atoms with E-state index >= 15 is 0 Å². The normalized spacial score (nSPS) is 10.6. The van der Waals surface area contributed by atoms with Crippen molar-refractivity contribution in [1.29, 1.82) is 0 Å². The van der Waals surface area contributed by atoms with Crippen LogP contribution in [0.5, 0.6) is 11.5 Å². The van der Waals surface area contributed by atoms with Gasteiger partial charge in [-0.05, 0) is 17.7 Å². The van der Waals surface area contributed by atoms with Crippen molar-refractivity contribution >= 4 is 17.7 Å². The smallest absolute Gasteiger partial charge is 0.257 e. The number of benzene rings is 3. The van der Waals surface area contributed by atoms with E-state index in [1.807, 2.05) is 78.9 Å². The molecule has 3 aromatic carbocycles. The van der Waals surface area contributed by atoms with Gasteiger partial charge in [0.1, 0.15) is 5.69 Å². The summed E-state index contributed by atoms with van der Waals surface area (Å²) in [5.74, 6) is 2.04. The van der Waals surface area contributed by atoms with Crippen molar-refractivity contribution in [3.63, 3.8) is 0 Å². The quantitative estimate of drug-likeness (QED) is 0.336. The van der Waals surface area contributed by atoms with Crippen LogP contribution in [0.4, 0.5) is 0 Å². The van der Waals surface area contributed by atoms with E-state index < -0.39 is 0 Å². The lowest BCUT2D eigenvalue weighted by atomic mass is 10.1. The Labute approximate surface area is 197 Å². The Morgan fingerprint density at radius 3 is 2.24 bits per heavy atom. The highest BCUT2D eigenvalue weighted by Gasteiger charge is 2.18. The van der Waals surface area contributed by atoms with Crippen LogP contribution in [0.1, 0.15) is 5.56 Å². The topological polar surface area (TPSA) is 73.6 Å². The summed E-state index contributed by atoms with van der Waals surface area (Å²) in [6.07, 6.45) is 0. The zero-order valence-electron chi connectivity index (χ0n) is 18.4. The number of rotatable bonds is 9. The number of amides is 1. The number of carbonyl (C=O) groups excluding carboxylic acids is 1. The Bertz CT molecular complexity index is 1150. The van der Waals surface area contributed by atoms with E-state index in [1.165, 1.54) is 11.8 Å². The molecule has 0 spiro atoms. The minimum Gasteiger partial charge on any atom is -0.493 e. The first kappa shape index (κ1) is 22.5. The van der Waals surface area contributed by atoms with Crippen LogP contribution in [0.2, 0.25) is 0 Å². The van der Waals surface area contributed by atoms with Gasteiger partial charge in [0, 0.05) is 17.7 Å². The SMILES string of the molecule is COc1ccc(CNC(=O)CSc2nc(-c3ccccc3)c(-c3ccccc3)o2)cc1OC. The van der Waals surface area contributed by atoms with Crippen molar-refractivity contribution < 1.29 is 18.7 Å². The van der Waals surface area contributed by atoms with Crippen molar-refractivity contribution in [1.82, 2.24) is 10.3 Å². The molecule has 0 aliphatic carbocycles. The molecule has 0 fully saturated rings. The molecule has 0 bridgehead atoms. The molecule has 33 heavy (non-hydrogen) atoms. The van der Waals surface area contributed by atoms with Gasteiger partial charge in [0.05, 0.1) is 20.0 Å². The third-order valence-corrected chi connectivity index (χ3v) is 5.78. The van der Waals surface area contributed by atoms with Crippen molar-refractivity contribution in [2.45, 2.75) is 11.8 Å². The molecular weight excluding hydrogens is 436 g/mol. The first-order valence-corrected chi connectivity index (χ1v) is 11.4. The molecule has 0 aliphatic rings. The fraction of sp³-hybridized carbons (Fsp3) is 0.154. The lowest BCUT2D eigenvalue weighted by Gasteiger charge is -2.10. The van der Waals surface area contributed by atoms with E-state index in [9.17, 15) is 4.79 Å². The van der Waals surface area contributed by atoms with E-state index in [-0.39, 0.29) is 11.7 Å². The zero-order valence-corrected chi connectivity index (χ0v) is 19.2. The Balaban J connectivity index is 1.43. The summed E-state index contributed by atoms with van der Waals surface area (Å²) in [4.78, 5) is 17.1. The molecule has 0 unspecified atom stereocenters. The van der Waals surface area contributed by atoms with Gasteiger partial charge in [0.25, 0.3) is 5.22 Å². The van der Waals surface area contributed by atoms with Gasteiger partial charge in [-0.2, -0.15) is 0 Å². The summed E-state index contributed by atoms with van der Waals surface area (Å²) in [7, 11) is 3.17. The van der Waals surface area contributed by atoms with Crippen molar-refractivity contribution in [3.8, 4) is 34.1 Å². The molecule has 1 amide bonds. The van der Waals surface area contributed by atoms with E-state index in [1.54, 1.807) is 14.2 Å². The number of thioether (sulfide) groups is 1. The largest absolute Gasteiger partial charge is 0.493 e. The molecule has 0 atom stereocenters. The van der Waals surface area contributed by atoms with E-state index in [2.05, 4.69) is 10.3 Å². The number of oxazole rings is 1. The summed E-state index contributed by atoms with van der Waals surface area (Å²) in [5.41, 5.74) is 3.58. The molecule has 1 aromatic heterocycles. The molecule has 0 aliphatic heterocycles. The zero-order chi connectivity index (χ0) is 23.0. The second-order valence-electron chi connectivity index (χ2n) is 7.14. The molecular formula is C26H24N2O4S. The molecule has 7 heteroatoms. The molecule has 1 heterocycles. The number of methoxy groups -OCH3 is 2. The minimum atomic E-state index is -0.115. The van der Waals surface area contributed by atoms with Crippen LogP contribution < -0.4 is 14.8 Å². The summed E-state index contributed by atoms with van der Waals surface area (Å²) in [6.45, 7) is 0.385. The second-order valence-corrected chi connectivity index (χ2v) is 8.07. The van der Waals surface area contributed by atoms with Gasteiger partial charge >= 0.3 is 0 Å². The van der Waals surface area contributed by atoms with Crippen LogP contribution in [0.25, 0.3) is 22.6 Å². The number of nitrogens with one attached hydrogen (secondary N) is 1. The number of nitrogens with zero attached hydrogens (tertiary/aromatic N) is 1. The van der Waals surface area contributed by atoms with E-state index in [0.29, 0.717) is 29.0 Å². The number of ether oxygens (including phenoxy) is 2. The highest BCUT2D eigenvalue weighted by molar-refractivity contribution is 7.99. The van der Waals surface area contributed by atoms with Gasteiger partial charge in [-0.3, -0.25) is 4.79 Å². The third kappa shape index (κ3) is 5.56. The van der Waals surface area contributed by atoms with Crippen molar-refractivity contribution in [3.05, 3.63) is 84.4 Å². The summed E-state index contributed by atoms with van der Waals surface area (Å²) >= 11 is 1.27. The average molecular weight is 461 g/mol. The number of carbonyl (C=O) groups is 1. The molecule has 4 rings (SSSR count). The third-order valence-electron chi connectivity index (χ3n) is 4.96. The number of aromatic nitrogens is 1. The first-order chi connectivity index (χ1) is 16.2. The standard InChI is InChI=1S/C26H24N2O4S/c1-30-21-14-13-18(15-22(21)31-2)16-27-23(29)17-33-26-28-24(19-9-5-3-6-10-19)25(32-26)20-11-7-4-8-12-20/h3-15H,16-17H2,1-2H3,(H,27,29). The summed E-state index contributed by atoms with van der Waals surface area (Å²) in [6, 6.07) is 25.3. The van der Waals surface area contributed by atoms with E-state index in [0.717, 1.165) is 22.4 Å². The predicted octanol–water partition coefficient (Wildman–Crippen LogP) is 5.43. The van der Waals surface area contributed by atoms with E-state index in [4.69, 9.17) is 13.9 Å². The van der Waals surface area contributed by atoms with Gasteiger partial charge in [-0.1, -0.05) is 78.5 Å². The highest BCUT2D eigenvalue weighted by atomic mass is 32.2. The fourth-order valence-corrected chi connectivity index (χ4v) is 3.96. The Morgan fingerprint density at radius 1 is 0.909 bits per heavy atom. The summed E-state index contributed by atoms with van der Waals surface area (Å²) < 4.78 is 16.6. The van der Waals surface area contributed by atoms with Crippen LogP contribution in [-0.4, -0.2) is 30.9 Å². The van der Waals surface area contributed by atoms with Crippen LogP contribution in [0, 0.1) is 0 Å². The number of hydrogen-bond donors (Lipinski definition) is 1. The van der Waals surface area contributed by atoms with Gasteiger partial charge in [0.15, 0.2) is 17.3 Å². The number of hydrogen-bond acceptors (Lipinski definition) is 6. The Hall–Kier alpha value is -3.71. The molecule has 168 valence electrons. The van der Waals surface area contributed by atoms with Crippen LogP contribution in [0.15, 0.2) is 88.5 Å². The predicted molar refractivity (Wildman–Crippen MR) is 129 cm³/mol. The molecule has 1 N–H and O–H groups in total. The fourth-order valence-electron chi connectivity index (χ4n) is 3.31. The lowest BCUT2D eigenvalue weighted by Crippen LogP contribution is -2.24. The van der Waals surface area contributed by atoms with Crippen LogP contribution in [-0.2, 0) is 11.3 Å². The highest BCUT2D eigenvalue weighted by Crippen LogP contribution is 2.35. The lowest BCUT2D eigenvalue weighted by molar-refractivity contribution is -0.118. The maximum Gasteiger partial charge on any atom is 0.257 e. The Kier molecular flexibility index (Phi) is 7.32. The second kappa shape index (κ2) is 10.7. The first-order valence-electron chi connectivity index (χ1n) is 10.4. The van der Waals surface area contributed by atoms with Crippen LogP contribution >= 0.6 is 11.8 Å². The molecule has 0 saturated carbocycles. The maximum absolute atomic E-state index is 12.4. The summed E-state index contributed by atoms with van der Waals surface area (Å²) in [5, 5.41) is 3.37.